The first-order valence-electron chi connectivity index (χ1n) is 7.84. The average molecular weight is 331 g/mol. The summed E-state index contributed by atoms with van der Waals surface area (Å²) in [5.41, 5.74) is 0.506. The number of nitro groups is 1. The van der Waals surface area contributed by atoms with Crippen molar-refractivity contribution in [3.63, 3.8) is 0 Å². The van der Waals surface area contributed by atoms with Crippen molar-refractivity contribution in [3.8, 4) is 5.69 Å². The number of likely N-dealkylation sites (N-methyl/N-ethyl adjacent to an activating group) is 1. The second-order valence-electron chi connectivity index (χ2n) is 5.21. The predicted molar refractivity (Wildman–Crippen MR) is 90.3 cm³/mol. The van der Waals surface area contributed by atoms with Crippen LogP contribution in [0.4, 0.5) is 5.69 Å². The summed E-state index contributed by atoms with van der Waals surface area (Å²) in [6.45, 7) is 7.19. The number of nitrogens with zero attached hydrogens (tertiary/aromatic N) is 4. The van der Waals surface area contributed by atoms with Gasteiger partial charge >= 0.3 is 0 Å². The van der Waals surface area contributed by atoms with Crippen LogP contribution in [-0.4, -0.2) is 51.5 Å². The number of imidazole rings is 1. The maximum absolute atomic E-state index is 12.2. The Labute approximate surface area is 140 Å². The van der Waals surface area contributed by atoms with Gasteiger partial charge in [-0.25, -0.2) is 4.98 Å². The summed E-state index contributed by atoms with van der Waals surface area (Å²) in [4.78, 5) is 29.1. The maximum atomic E-state index is 12.2. The molecule has 0 saturated carbocycles. The van der Waals surface area contributed by atoms with Crippen LogP contribution in [0.1, 0.15) is 24.2 Å². The summed E-state index contributed by atoms with van der Waals surface area (Å²) in [5, 5.41) is 14.1. The van der Waals surface area contributed by atoms with E-state index in [1.54, 1.807) is 22.9 Å². The highest BCUT2D eigenvalue weighted by Crippen LogP contribution is 2.24. The van der Waals surface area contributed by atoms with E-state index in [0.717, 1.165) is 19.6 Å². The van der Waals surface area contributed by atoms with Crippen molar-refractivity contribution < 1.29 is 9.72 Å². The Morgan fingerprint density at radius 1 is 1.38 bits per heavy atom. The number of nitrogens with one attached hydrogen (secondary N) is 1. The normalized spacial score (nSPS) is 10.8. The van der Waals surface area contributed by atoms with E-state index in [4.69, 9.17) is 0 Å². The molecule has 0 saturated heterocycles. The molecule has 0 bridgehead atoms. The number of carbonyl (C=O) groups is 1. The molecule has 8 heteroatoms. The van der Waals surface area contributed by atoms with Crippen LogP contribution >= 0.6 is 0 Å². The fraction of sp³-hybridized carbons (Fsp3) is 0.375. The van der Waals surface area contributed by atoms with Gasteiger partial charge in [0.15, 0.2) is 0 Å². The van der Waals surface area contributed by atoms with Gasteiger partial charge in [0.05, 0.1) is 11.3 Å². The SMILES string of the molecule is CCN(CC)CCNC(=O)c1ccc(-n2ccnc2)c([N+](=O)[O-])c1. The van der Waals surface area contributed by atoms with Crippen molar-refractivity contribution in [2.75, 3.05) is 26.2 Å². The van der Waals surface area contributed by atoms with Crippen molar-refractivity contribution in [3.05, 3.63) is 52.6 Å². The highest BCUT2D eigenvalue weighted by Gasteiger charge is 2.18. The molecule has 2 rings (SSSR count). The minimum atomic E-state index is -0.498. The Hall–Kier alpha value is -2.74. The molecular formula is C16H21N5O3. The molecule has 8 nitrogen and oxygen atoms in total. The molecule has 0 aliphatic rings. The number of rotatable bonds is 8. The van der Waals surface area contributed by atoms with Crippen molar-refractivity contribution in [1.29, 1.82) is 0 Å². The van der Waals surface area contributed by atoms with Crippen LogP contribution in [0.3, 0.4) is 0 Å². The smallest absolute Gasteiger partial charge is 0.294 e. The highest BCUT2D eigenvalue weighted by atomic mass is 16.6. The Morgan fingerprint density at radius 2 is 2.12 bits per heavy atom. The minimum absolute atomic E-state index is 0.135. The summed E-state index contributed by atoms with van der Waals surface area (Å²) in [6.07, 6.45) is 4.63. The Balaban J connectivity index is 2.12. The molecule has 0 atom stereocenters. The topological polar surface area (TPSA) is 93.3 Å². The summed E-state index contributed by atoms with van der Waals surface area (Å²) < 4.78 is 1.54. The van der Waals surface area contributed by atoms with Gasteiger partial charge in [0, 0.05) is 37.1 Å². The van der Waals surface area contributed by atoms with Crippen molar-refractivity contribution in [2.45, 2.75) is 13.8 Å². The van der Waals surface area contributed by atoms with E-state index < -0.39 is 4.92 Å². The third-order valence-electron chi connectivity index (χ3n) is 3.82. The lowest BCUT2D eigenvalue weighted by molar-refractivity contribution is -0.384. The molecule has 1 aromatic heterocycles. The Morgan fingerprint density at radius 3 is 2.71 bits per heavy atom. The summed E-state index contributed by atoms with van der Waals surface area (Å²) in [5.74, 6) is -0.317. The lowest BCUT2D eigenvalue weighted by Gasteiger charge is -2.18. The van der Waals surface area contributed by atoms with E-state index in [0.29, 0.717) is 12.2 Å². The number of nitro benzene ring substituents is 1. The molecular weight excluding hydrogens is 310 g/mol. The van der Waals surface area contributed by atoms with Crippen LogP contribution in [0.5, 0.6) is 0 Å². The molecule has 0 aliphatic carbocycles. The summed E-state index contributed by atoms with van der Waals surface area (Å²) in [6, 6.07) is 4.43. The van der Waals surface area contributed by atoms with Gasteiger partial charge in [0.25, 0.3) is 11.6 Å². The molecule has 1 amide bonds. The monoisotopic (exact) mass is 331 g/mol. The van der Waals surface area contributed by atoms with Gasteiger partial charge in [-0.3, -0.25) is 14.9 Å². The van der Waals surface area contributed by atoms with Gasteiger partial charge in [0.1, 0.15) is 5.69 Å². The summed E-state index contributed by atoms with van der Waals surface area (Å²) in [7, 11) is 0. The Kier molecular flexibility index (Phi) is 6.02. The zero-order valence-electron chi connectivity index (χ0n) is 13.8. The van der Waals surface area contributed by atoms with Gasteiger partial charge < -0.3 is 14.8 Å². The first-order valence-corrected chi connectivity index (χ1v) is 7.84. The van der Waals surface area contributed by atoms with E-state index in [1.807, 2.05) is 0 Å². The van der Waals surface area contributed by atoms with E-state index in [2.05, 4.69) is 29.0 Å². The standard InChI is InChI=1S/C16H21N5O3/c1-3-19(4-2)9-8-18-16(22)13-5-6-14(15(11-13)21(23)24)20-10-7-17-12-20/h5-7,10-12H,3-4,8-9H2,1-2H3,(H,18,22). The predicted octanol–water partition coefficient (Wildman–Crippen LogP) is 1.85. The van der Waals surface area contributed by atoms with Gasteiger partial charge in [-0.1, -0.05) is 13.8 Å². The first kappa shape index (κ1) is 17.6. The van der Waals surface area contributed by atoms with Crippen LogP contribution in [-0.2, 0) is 0 Å². The lowest BCUT2D eigenvalue weighted by atomic mass is 10.1. The number of amides is 1. The van der Waals surface area contributed by atoms with Crippen molar-refractivity contribution in [1.82, 2.24) is 19.8 Å². The quantitative estimate of drug-likeness (QED) is 0.588. The maximum Gasteiger partial charge on any atom is 0.294 e. The molecule has 24 heavy (non-hydrogen) atoms. The zero-order valence-corrected chi connectivity index (χ0v) is 13.8. The first-order chi connectivity index (χ1) is 11.6. The van der Waals surface area contributed by atoms with Crippen molar-refractivity contribution >= 4 is 11.6 Å². The zero-order chi connectivity index (χ0) is 17.5. The molecule has 0 radical (unpaired) electrons. The van der Waals surface area contributed by atoms with Crippen molar-refractivity contribution in [2.24, 2.45) is 0 Å². The van der Waals surface area contributed by atoms with Crippen LogP contribution in [0, 0.1) is 10.1 Å². The largest absolute Gasteiger partial charge is 0.351 e. The summed E-state index contributed by atoms with van der Waals surface area (Å²) >= 11 is 0. The third kappa shape index (κ3) is 4.17. The van der Waals surface area contributed by atoms with E-state index in [-0.39, 0.29) is 17.2 Å². The Bertz CT molecular complexity index is 696. The van der Waals surface area contributed by atoms with Gasteiger partial charge in [-0.05, 0) is 25.2 Å². The van der Waals surface area contributed by atoms with E-state index in [9.17, 15) is 14.9 Å². The number of carbonyl (C=O) groups excluding carboxylic acids is 1. The number of hydrogen-bond acceptors (Lipinski definition) is 5. The number of benzene rings is 1. The molecule has 2 aromatic rings. The molecule has 128 valence electrons. The van der Waals surface area contributed by atoms with Crippen LogP contribution in [0.15, 0.2) is 36.9 Å². The fourth-order valence-electron chi connectivity index (χ4n) is 2.40. The number of aromatic nitrogens is 2. The average Bonchev–Trinajstić information content (AvgIpc) is 3.12. The van der Waals surface area contributed by atoms with Crippen LogP contribution in [0.25, 0.3) is 5.69 Å². The van der Waals surface area contributed by atoms with Gasteiger partial charge in [-0.15, -0.1) is 0 Å². The van der Waals surface area contributed by atoms with E-state index in [1.165, 1.54) is 18.6 Å². The second kappa shape index (κ2) is 8.21. The van der Waals surface area contributed by atoms with Gasteiger partial charge in [0.2, 0.25) is 0 Å². The van der Waals surface area contributed by atoms with Crippen LogP contribution < -0.4 is 5.32 Å². The lowest BCUT2D eigenvalue weighted by Crippen LogP contribution is -2.34. The third-order valence-corrected chi connectivity index (χ3v) is 3.82. The van der Waals surface area contributed by atoms with E-state index >= 15 is 0 Å². The molecule has 1 aromatic carbocycles. The molecule has 0 spiro atoms. The highest BCUT2D eigenvalue weighted by molar-refractivity contribution is 5.95. The molecule has 1 heterocycles. The number of hydrogen-bond donors (Lipinski definition) is 1. The fourth-order valence-corrected chi connectivity index (χ4v) is 2.40. The molecule has 0 fully saturated rings. The minimum Gasteiger partial charge on any atom is -0.351 e. The van der Waals surface area contributed by atoms with Crippen LogP contribution in [0.2, 0.25) is 0 Å². The molecule has 1 N–H and O–H groups in total. The molecule has 0 unspecified atom stereocenters. The second-order valence-corrected chi connectivity index (χ2v) is 5.21. The molecule has 0 aliphatic heterocycles. The van der Waals surface area contributed by atoms with Gasteiger partial charge in [-0.2, -0.15) is 0 Å².